The molecule has 0 N–H and O–H groups in total. The molecule has 0 saturated heterocycles. The first kappa shape index (κ1) is 30.7. The highest BCUT2D eigenvalue weighted by molar-refractivity contribution is 7.26. The Labute approximate surface area is 315 Å². The van der Waals surface area contributed by atoms with Crippen molar-refractivity contribution in [2.75, 3.05) is 0 Å². The molecule has 0 aliphatic heterocycles. The molecule has 0 aliphatic carbocycles. The zero-order valence-corrected chi connectivity index (χ0v) is 29.8. The molecule has 0 fully saturated rings. The highest BCUT2D eigenvalue weighted by atomic mass is 32.1. The topological polar surface area (TPSA) is 43.6 Å². The van der Waals surface area contributed by atoms with Gasteiger partial charge in [-0.25, -0.2) is 15.0 Å². The van der Waals surface area contributed by atoms with Gasteiger partial charge >= 0.3 is 0 Å². The first-order valence-corrected chi connectivity index (χ1v) is 18.9. The van der Waals surface area contributed by atoms with E-state index in [1.807, 2.05) is 35.6 Å². The zero-order valence-electron chi connectivity index (χ0n) is 29.0. The second-order valence-electron chi connectivity index (χ2n) is 13.6. The summed E-state index contributed by atoms with van der Waals surface area (Å²) in [5.41, 5.74) is 8.78. The molecule has 0 spiro atoms. The summed E-state index contributed by atoms with van der Waals surface area (Å²) < 4.78 is 4.83. The van der Waals surface area contributed by atoms with Crippen LogP contribution in [-0.2, 0) is 0 Å². The average Bonchev–Trinajstić information content (AvgIpc) is 3.78. The molecule has 0 aliphatic rings. The molecule has 252 valence electrons. The van der Waals surface area contributed by atoms with Crippen LogP contribution in [0.1, 0.15) is 0 Å². The molecule has 11 aromatic rings. The Morgan fingerprint density at radius 1 is 0.370 bits per heavy atom. The highest BCUT2D eigenvalue weighted by Gasteiger charge is 2.19. The van der Waals surface area contributed by atoms with Gasteiger partial charge in [-0.05, 0) is 58.3 Å². The van der Waals surface area contributed by atoms with Crippen LogP contribution in [0.2, 0.25) is 0 Å². The normalized spacial score (nSPS) is 11.7. The molecule has 54 heavy (non-hydrogen) atoms. The monoisotopic (exact) mass is 706 g/mol. The Balaban J connectivity index is 1.08. The van der Waals surface area contributed by atoms with E-state index in [2.05, 4.69) is 162 Å². The smallest absolute Gasteiger partial charge is 0.164 e. The molecular weight excluding hydrogens is 677 g/mol. The van der Waals surface area contributed by atoms with E-state index in [0.717, 1.165) is 33.3 Å². The van der Waals surface area contributed by atoms with Gasteiger partial charge in [0, 0.05) is 53.3 Å². The summed E-state index contributed by atoms with van der Waals surface area (Å²) in [4.78, 5) is 15.3. The van der Waals surface area contributed by atoms with Crippen molar-refractivity contribution in [3.63, 3.8) is 0 Å². The number of fused-ring (bicyclic) bond motifs is 7. The maximum atomic E-state index is 5.17. The lowest BCUT2D eigenvalue weighted by molar-refractivity contribution is 1.08. The lowest BCUT2D eigenvalue weighted by atomic mass is 10.0. The first-order valence-electron chi connectivity index (χ1n) is 18.1. The Morgan fingerprint density at radius 2 is 0.981 bits per heavy atom. The molecule has 0 unspecified atom stereocenters. The quantitative estimate of drug-likeness (QED) is 0.179. The van der Waals surface area contributed by atoms with Crippen LogP contribution in [0.25, 0.3) is 104 Å². The van der Waals surface area contributed by atoms with Crippen LogP contribution >= 0.6 is 11.3 Å². The number of benzene rings is 8. The van der Waals surface area contributed by atoms with Crippen molar-refractivity contribution in [3.05, 3.63) is 182 Å². The van der Waals surface area contributed by atoms with Crippen molar-refractivity contribution < 1.29 is 0 Å². The van der Waals surface area contributed by atoms with Gasteiger partial charge in [0.1, 0.15) is 0 Å². The number of thiophene rings is 1. The maximum absolute atomic E-state index is 5.17. The number of nitrogens with zero attached hydrogens (tertiary/aromatic N) is 4. The Hall–Kier alpha value is -6.95. The molecular formula is C49H30N4S. The summed E-state index contributed by atoms with van der Waals surface area (Å²) in [7, 11) is 0. The van der Waals surface area contributed by atoms with Crippen LogP contribution in [-0.4, -0.2) is 19.5 Å². The molecule has 4 nitrogen and oxygen atoms in total. The minimum atomic E-state index is 0.649. The third kappa shape index (κ3) is 5.01. The number of hydrogen-bond acceptors (Lipinski definition) is 4. The van der Waals surface area contributed by atoms with E-state index in [1.165, 1.54) is 52.9 Å². The molecule has 0 saturated carbocycles. The molecule has 0 atom stereocenters. The molecule has 11 rings (SSSR count). The number of hydrogen-bond donors (Lipinski definition) is 0. The number of para-hydroxylation sites is 1. The summed E-state index contributed by atoms with van der Waals surface area (Å²) in [6.07, 6.45) is 0. The average molecular weight is 707 g/mol. The minimum Gasteiger partial charge on any atom is -0.309 e. The third-order valence-corrected chi connectivity index (χ3v) is 11.6. The molecule has 5 heteroatoms. The van der Waals surface area contributed by atoms with E-state index in [-0.39, 0.29) is 0 Å². The van der Waals surface area contributed by atoms with Crippen LogP contribution in [0.5, 0.6) is 0 Å². The van der Waals surface area contributed by atoms with Gasteiger partial charge in [-0.15, -0.1) is 11.3 Å². The van der Waals surface area contributed by atoms with E-state index in [9.17, 15) is 0 Å². The van der Waals surface area contributed by atoms with Gasteiger partial charge in [0.2, 0.25) is 0 Å². The molecule has 0 radical (unpaired) electrons. The lowest BCUT2D eigenvalue weighted by Crippen LogP contribution is -2.00. The van der Waals surface area contributed by atoms with Gasteiger partial charge in [0.15, 0.2) is 17.5 Å². The van der Waals surface area contributed by atoms with Crippen LogP contribution in [0, 0.1) is 0 Å². The number of rotatable bonds is 5. The fourth-order valence-corrected chi connectivity index (χ4v) is 9.02. The van der Waals surface area contributed by atoms with Crippen molar-refractivity contribution >= 4 is 64.1 Å². The van der Waals surface area contributed by atoms with Gasteiger partial charge in [-0.3, -0.25) is 0 Å². The third-order valence-electron chi connectivity index (χ3n) is 10.4. The zero-order chi connectivity index (χ0) is 35.6. The highest BCUT2D eigenvalue weighted by Crippen LogP contribution is 2.42. The molecule has 8 aromatic carbocycles. The lowest BCUT2D eigenvalue weighted by Gasteiger charge is -2.11. The number of aromatic nitrogens is 4. The van der Waals surface area contributed by atoms with Crippen LogP contribution in [0.15, 0.2) is 182 Å². The second-order valence-corrected chi connectivity index (χ2v) is 14.7. The summed E-state index contributed by atoms with van der Waals surface area (Å²) >= 11 is 1.81. The largest absolute Gasteiger partial charge is 0.309 e. The minimum absolute atomic E-state index is 0.649. The van der Waals surface area contributed by atoms with Crippen molar-refractivity contribution in [2.45, 2.75) is 0 Å². The van der Waals surface area contributed by atoms with Crippen LogP contribution in [0.3, 0.4) is 0 Å². The van der Waals surface area contributed by atoms with E-state index in [4.69, 9.17) is 15.0 Å². The maximum Gasteiger partial charge on any atom is 0.164 e. The molecule has 0 amide bonds. The van der Waals surface area contributed by atoms with E-state index in [0.29, 0.717) is 17.5 Å². The fourth-order valence-electron chi connectivity index (χ4n) is 7.86. The molecule has 0 bridgehead atoms. The molecule has 3 aromatic heterocycles. The van der Waals surface area contributed by atoms with Gasteiger partial charge in [0.25, 0.3) is 0 Å². The summed E-state index contributed by atoms with van der Waals surface area (Å²) in [6.45, 7) is 0. The van der Waals surface area contributed by atoms with Gasteiger partial charge in [-0.1, -0.05) is 146 Å². The molecule has 3 heterocycles. The van der Waals surface area contributed by atoms with Crippen molar-refractivity contribution in [1.82, 2.24) is 19.5 Å². The summed E-state index contributed by atoms with van der Waals surface area (Å²) in [5, 5.41) is 7.36. The summed E-state index contributed by atoms with van der Waals surface area (Å²) in [6, 6.07) is 64.4. The van der Waals surface area contributed by atoms with E-state index >= 15 is 0 Å². The second kappa shape index (κ2) is 12.3. The standard InChI is InChI=1S/C49H30N4S/c1-3-12-31(13-4-1)32-22-24-34(25-23-32)48-50-47(33-14-5-2-6-15-33)51-49(52-48)40-19-11-21-44-46(40)39-27-26-37(30-45(39)54-44)53-42-20-10-9-18-38(42)41-28-35-16-7-8-17-36(35)29-43(41)53/h1-30H. The van der Waals surface area contributed by atoms with Crippen LogP contribution in [0.4, 0.5) is 0 Å². The van der Waals surface area contributed by atoms with E-state index in [1.54, 1.807) is 0 Å². The Morgan fingerprint density at radius 3 is 1.76 bits per heavy atom. The van der Waals surface area contributed by atoms with E-state index < -0.39 is 0 Å². The van der Waals surface area contributed by atoms with Gasteiger partial charge in [0.05, 0.1) is 11.0 Å². The van der Waals surface area contributed by atoms with Crippen molar-refractivity contribution in [1.29, 1.82) is 0 Å². The van der Waals surface area contributed by atoms with Crippen LogP contribution < -0.4 is 0 Å². The van der Waals surface area contributed by atoms with Gasteiger partial charge in [-0.2, -0.15) is 0 Å². The van der Waals surface area contributed by atoms with Crippen molar-refractivity contribution in [3.8, 4) is 51.0 Å². The SMILES string of the molecule is c1ccc(-c2ccc(-c3nc(-c4ccccc4)nc(-c4cccc5sc6cc(-n7c8ccccc8c8cc9ccccc9cc87)ccc6c45)n3)cc2)cc1. The fraction of sp³-hybridized carbons (Fsp3) is 0. The van der Waals surface area contributed by atoms with Gasteiger partial charge < -0.3 is 4.57 Å². The Bertz CT molecular complexity index is 3200. The predicted molar refractivity (Wildman–Crippen MR) is 226 cm³/mol. The van der Waals surface area contributed by atoms with Crippen molar-refractivity contribution in [2.24, 2.45) is 0 Å². The first-order chi connectivity index (χ1) is 26.7. The summed E-state index contributed by atoms with van der Waals surface area (Å²) in [5.74, 6) is 1.96. The Kier molecular flexibility index (Phi) is 7.00. The predicted octanol–water partition coefficient (Wildman–Crippen LogP) is 13.2.